The van der Waals surface area contributed by atoms with Crippen LogP contribution in [0.5, 0.6) is 0 Å². The number of carbonyl (C=O) groups is 1. The molecule has 1 aliphatic carbocycles. The molecule has 1 aromatic carbocycles. The van der Waals surface area contributed by atoms with Crippen molar-refractivity contribution in [2.24, 2.45) is 5.92 Å². The number of hydrogen-bond acceptors (Lipinski definition) is 3. The van der Waals surface area contributed by atoms with E-state index in [9.17, 15) is 13.2 Å². The Kier molecular flexibility index (Phi) is 6.03. The molecule has 0 unspecified atom stereocenters. The van der Waals surface area contributed by atoms with Crippen molar-refractivity contribution in [1.29, 1.82) is 0 Å². The second-order valence-electron chi connectivity index (χ2n) is 7.64. The monoisotopic (exact) mass is 378 g/mol. The number of carbonyl (C=O) groups excluding carboxylic acids is 1. The second-order valence-corrected chi connectivity index (χ2v) is 9.62. The van der Waals surface area contributed by atoms with Gasteiger partial charge in [-0.15, -0.1) is 0 Å². The zero-order valence-corrected chi connectivity index (χ0v) is 16.6. The molecule has 144 valence electrons. The molecule has 1 saturated heterocycles. The lowest BCUT2D eigenvalue weighted by atomic mass is 9.88. The smallest absolute Gasteiger partial charge is 0.223 e. The van der Waals surface area contributed by atoms with E-state index in [0.717, 1.165) is 19.3 Å². The summed E-state index contributed by atoms with van der Waals surface area (Å²) in [5, 5.41) is 3.21. The molecule has 0 radical (unpaired) electrons. The summed E-state index contributed by atoms with van der Waals surface area (Å²) >= 11 is 0. The van der Waals surface area contributed by atoms with Crippen molar-refractivity contribution >= 4 is 15.9 Å². The first-order chi connectivity index (χ1) is 12.4. The Hall–Kier alpha value is -1.40. The highest BCUT2D eigenvalue weighted by Gasteiger charge is 2.30. The number of rotatable bonds is 5. The number of aryl methyl sites for hydroxylation is 2. The largest absolute Gasteiger partial charge is 0.349 e. The predicted molar refractivity (Wildman–Crippen MR) is 103 cm³/mol. The summed E-state index contributed by atoms with van der Waals surface area (Å²) in [7, 11) is -3.15. The van der Waals surface area contributed by atoms with Crippen LogP contribution in [0.3, 0.4) is 0 Å². The van der Waals surface area contributed by atoms with E-state index < -0.39 is 10.0 Å². The number of sulfonamides is 1. The summed E-state index contributed by atoms with van der Waals surface area (Å²) in [6.07, 6.45) is 8.10. The molecule has 0 spiro atoms. The maximum absolute atomic E-state index is 12.7. The Morgan fingerprint density at radius 3 is 2.46 bits per heavy atom. The molecular weight excluding hydrogens is 348 g/mol. The van der Waals surface area contributed by atoms with Crippen molar-refractivity contribution in [2.45, 2.75) is 57.9 Å². The normalized spacial score (nSPS) is 20.4. The van der Waals surface area contributed by atoms with Crippen LogP contribution in [0.2, 0.25) is 0 Å². The Morgan fingerprint density at radius 2 is 1.85 bits per heavy atom. The molecule has 0 aromatic heterocycles. The van der Waals surface area contributed by atoms with E-state index in [2.05, 4.69) is 30.4 Å². The fourth-order valence-corrected chi connectivity index (χ4v) is 5.00. The van der Waals surface area contributed by atoms with E-state index in [1.807, 2.05) is 0 Å². The van der Waals surface area contributed by atoms with Crippen LogP contribution in [-0.4, -0.2) is 38.0 Å². The van der Waals surface area contributed by atoms with Gasteiger partial charge in [-0.1, -0.05) is 25.1 Å². The summed E-state index contributed by atoms with van der Waals surface area (Å²) < 4.78 is 24.7. The molecule has 1 amide bonds. The maximum atomic E-state index is 12.7. The van der Waals surface area contributed by atoms with Crippen molar-refractivity contribution in [3.8, 4) is 0 Å². The number of nitrogens with zero attached hydrogens (tertiary/aromatic N) is 1. The van der Waals surface area contributed by atoms with E-state index in [-0.39, 0.29) is 17.9 Å². The average Bonchev–Trinajstić information content (AvgIpc) is 2.65. The molecule has 1 aliphatic heterocycles. The lowest BCUT2D eigenvalue weighted by Crippen LogP contribution is -2.43. The van der Waals surface area contributed by atoms with Gasteiger partial charge in [-0.2, -0.15) is 0 Å². The number of piperidine rings is 1. The summed E-state index contributed by atoms with van der Waals surface area (Å²) in [5.74, 6) is -0.0394. The Balaban J connectivity index is 1.62. The third-order valence-corrected chi connectivity index (χ3v) is 7.10. The number of fused-ring (bicyclic) bond motifs is 1. The highest BCUT2D eigenvalue weighted by molar-refractivity contribution is 7.88. The summed E-state index contributed by atoms with van der Waals surface area (Å²) in [6.45, 7) is 2.97. The van der Waals surface area contributed by atoms with Gasteiger partial charge in [0.25, 0.3) is 0 Å². The Bertz CT molecular complexity index is 752. The molecule has 1 atom stereocenters. The Labute approximate surface area is 157 Å². The van der Waals surface area contributed by atoms with E-state index in [0.29, 0.717) is 25.9 Å². The van der Waals surface area contributed by atoms with Crippen LogP contribution in [0.4, 0.5) is 0 Å². The molecule has 0 saturated carbocycles. The van der Waals surface area contributed by atoms with Crippen LogP contribution in [0.25, 0.3) is 0 Å². The van der Waals surface area contributed by atoms with Crippen LogP contribution in [-0.2, 0) is 27.7 Å². The van der Waals surface area contributed by atoms with Gasteiger partial charge in [0.1, 0.15) is 0 Å². The topological polar surface area (TPSA) is 66.5 Å². The fourth-order valence-electron chi connectivity index (χ4n) is 4.13. The number of amides is 1. The van der Waals surface area contributed by atoms with Crippen LogP contribution >= 0.6 is 0 Å². The number of benzene rings is 1. The van der Waals surface area contributed by atoms with Gasteiger partial charge in [-0.3, -0.25) is 4.79 Å². The molecule has 6 heteroatoms. The molecule has 2 aliphatic rings. The molecule has 5 nitrogen and oxygen atoms in total. The standard InChI is InChI=1S/C20H30N2O3S/c1-3-19(18-9-8-15-6-4-5-7-17(15)14-18)21-20(23)16-10-12-22(13-11-16)26(2,24)25/h8-9,14,16,19H,3-7,10-13H2,1-2H3,(H,21,23)/t19-/m1/s1. The first kappa shape index (κ1) is 19.4. The third-order valence-electron chi connectivity index (χ3n) is 5.79. The molecule has 3 rings (SSSR count). The summed E-state index contributed by atoms with van der Waals surface area (Å²) in [6, 6.07) is 6.69. The molecule has 1 heterocycles. The van der Waals surface area contributed by atoms with Crippen molar-refractivity contribution in [3.05, 3.63) is 34.9 Å². The van der Waals surface area contributed by atoms with Crippen molar-refractivity contribution in [3.63, 3.8) is 0 Å². The quantitative estimate of drug-likeness (QED) is 0.857. The minimum atomic E-state index is -3.15. The molecule has 1 aromatic rings. The highest BCUT2D eigenvalue weighted by Crippen LogP contribution is 2.27. The SMILES string of the molecule is CC[C@@H](NC(=O)C1CCN(S(C)(=O)=O)CC1)c1ccc2c(c1)CCCC2. The summed E-state index contributed by atoms with van der Waals surface area (Å²) in [5.41, 5.74) is 4.08. The molecule has 1 fully saturated rings. The van der Waals surface area contributed by atoms with Crippen LogP contribution < -0.4 is 5.32 Å². The van der Waals surface area contributed by atoms with E-state index in [4.69, 9.17) is 0 Å². The van der Waals surface area contributed by atoms with E-state index in [1.54, 1.807) is 0 Å². The minimum Gasteiger partial charge on any atom is -0.349 e. The van der Waals surface area contributed by atoms with Gasteiger partial charge in [0.15, 0.2) is 0 Å². The van der Waals surface area contributed by atoms with Crippen LogP contribution in [0.1, 0.15) is 61.8 Å². The van der Waals surface area contributed by atoms with Gasteiger partial charge >= 0.3 is 0 Å². The number of nitrogens with one attached hydrogen (secondary N) is 1. The lowest BCUT2D eigenvalue weighted by Gasteiger charge is -2.30. The maximum Gasteiger partial charge on any atom is 0.223 e. The Morgan fingerprint density at radius 1 is 1.19 bits per heavy atom. The fraction of sp³-hybridized carbons (Fsp3) is 0.650. The van der Waals surface area contributed by atoms with Crippen molar-refractivity contribution < 1.29 is 13.2 Å². The van der Waals surface area contributed by atoms with Gasteiger partial charge in [0.2, 0.25) is 15.9 Å². The first-order valence-electron chi connectivity index (χ1n) is 9.75. The van der Waals surface area contributed by atoms with Gasteiger partial charge < -0.3 is 5.32 Å². The zero-order valence-electron chi connectivity index (χ0n) is 15.8. The average molecular weight is 379 g/mol. The zero-order chi connectivity index (χ0) is 18.7. The van der Waals surface area contributed by atoms with Crippen LogP contribution in [0.15, 0.2) is 18.2 Å². The predicted octanol–water partition coefficient (Wildman–Crippen LogP) is 2.80. The molecule has 0 bridgehead atoms. The summed E-state index contributed by atoms with van der Waals surface area (Å²) in [4.78, 5) is 12.7. The van der Waals surface area contributed by atoms with Crippen molar-refractivity contribution in [1.82, 2.24) is 9.62 Å². The minimum absolute atomic E-state index is 0.0302. The molecule has 1 N–H and O–H groups in total. The third kappa shape index (κ3) is 4.46. The van der Waals surface area contributed by atoms with Crippen molar-refractivity contribution in [2.75, 3.05) is 19.3 Å². The van der Waals surface area contributed by atoms with E-state index >= 15 is 0 Å². The second kappa shape index (κ2) is 8.09. The lowest BCUT2D eigenvalue weighted by molar-refractivity contribution is -0.126. The van der Waals surface area contributed by atoms with Crippen LogP contribution in [0, 0.1) is 5.92 Å². The van der Waals surface area contributed by atoms with Gasteiger partial charge in [-0.25, -0.2) is 12.7 Å². The van der Waals surface area contributed by atoms with Gasteiger partial charge in [0.05, 0.1) is 12.3 Å². The molecular formula is C20H30N2O3S. The molecule has 26 heavy (non-hydrogen) atoms. The highest BCUT2D eigenvalue weighted by atomic mass is 32.2. The van der Waals surface area contributed by atoms with Gasteiger partial charge in [-0.05, 0) is 61.6 Å². The number of hydrogen-bond donors (Lipinski definition) is 1. The van der Waals surface area contributed by atoms with E-state index in [1.165, 1.54) is 40.1 Å². The van der Waals surface area contributed by atoms with Gasteiger partial charge in [0, 0.05) is 19.0 Å². The first-order valence-corrected chi connectivity index (χ1v) is 11.6.